The van der Waals surface area contributed by atoms with Gasteiger partial charge in [-0.05, 0) is 51.2 Å². The summed E-state index contributed by atoms with van der Waals surface area (Å²) >= 11 is 0. The molecular formula is C13H28Cl2N2. The third-order valence-electron chi connectivity index (χ3n) is 3.96. The van der Waals surface area contributed by atoms with E-state index in [4.69, 9.17) is 0 Å². The number of likely N-dealkylation sites (tertiary alicyclic amines) is 1. The summed E-state index contributed by atoms with van der Waals surface area (Å²) in [4.78, 5) is 2.59. The van der Waals surface area contributed by atoms with Crippen LogP contribution in [0.1, 0.15) is 44.9 Å². The lowest BCUT2D eigenvalue weighted by Gasteiger charge is -2.22. The fourth-order valence-corrected chi connectivity index (χ4v) is 2.94. The van der Waals surface area contributed by atoms with Gasteiger partial charge in [-0.2, -0.15) is 0 Å². The lowest BCUT2D eigenvalue weighted by molar-refractivity contribution is 0.310. The topological polar surface area (TPSA) is 15.3 Å². The van der Waals surface area contributed by atoms with Gasteiger partial charge in [0.25, 0.3) is 0 Å². The highest BCUT2D eigenvalue weighted by atomic mass is 35.5. The first-order chi connectivity index (χ1) is 7.45. The van der Waals surface area contributed by atoms with Crippen LogP contribution in [0.2, 0.25) is 0 Å². The van der Waals surface area contributed by atoms with Gasteiger partial charge in [-0.25, -0.2) is 0 Å². The Bertz CT molecular complexity index is 167. The Kier molecular flexibility index (Phi) is 10.7. The second-order valence-electron chi connectivity index (χ2n) is 5.26. The van der Waals surface area contributed by atoms with E-state index in [1.54, 1.807) is 0 Å². The van der Waals surface area contributed by atoms with Gasteiger partial charge in [-0.15, -0.1) is 24.8 Å². The first kappa shape index (κ1) is 17.5. The third kappa shape index (κ3) is 6.85. The molecule has 1 N–H and O–H groups in total. The van der Waals surface area contributed by atoms with Gasteiger partial charge in [0, 0.05) is 13.1 Å². The summed E-state index contributed by atoms with van der Waals surface area (Å²) < 4.78 is 0. The fraction of sp³-hybridized carbons (Fsp3) is 1.00. The van der Waals surface area contributed by atoms with Gasteiger partial charge in [-0.3, -0.25) is 0 Å². The summed E-state index contributed by atoms with van der Waals surface area (Å²) in [6, 6.07) is 0. The quantitative estimate of drug-likeness (QED) is 0.780. The Morgan fingerprint density at radius 3 is 2.18 bits per heavy atom. The Labute approximate surface area is 119 Å². The third-order valence-corrected chi connectivity index (χ3v) is 3.96. The first-order valence-electron chi connectivity index (χ1n) is 6.88. The molecule has 0 aromatic carbocycles. The summed E-state index contributed by atoms with van der Waals surface area (Å²) in [5.74, 6) is 0.984. The minimum atomic E-state index is 0. The van der Waals surface area contributed by atoms with Crippen LogP contribution < -0.4 is 5.32 Å². The highest BCUT2D eigenvalue weighted by Gasteiger charge is 2.13. The zero-order chi connectivity index (χ0) is 10.3. The Hall–Kier alpha value is 0.500. The molecule has 0 bridgehead atoms. The highest BCUT2D eigenvalue weighted by molar-refractivity contribution is 5.85. The molecule has 1 saturated heterocycles. The van der Waals surface area contributed by atoms with E-state index in [9.17, 15) is 0 Å². The minimum absolute atomic E-state index is 0. The number of nitrogens with zero attached hydrogens (tertiary/aromatic N) is 1. The molecule has 1 saturated carbocycles. The predicted molar refractivity (Wildman–Crippen MR) is 79.6 cm³/mol. The zero-order valence-electron chi connectivity index (χ0n) is 10.8. The molecule has 2 nitrogen and oxygen atoms in total. The van der Waals surface area contributed by atoms with Crippen LogP contribution in [-0.4, -0.2) is 37.6 Å². The maximum atomic E-state index is 3.64. The standard InChI is InChI=1S/C13H26N2.2ClH/c1-2-6-13(7-3-1)12-14-8-11-15-9-4-5-10-15;;/h13-14H,1-12H2;2*1H. The van der Waals surface area contributed by atoms with Crippen LogP contribution in [0.5, 0.6) is 0 Å². The van der Waals surface area contributed by atoms with E-state index in [2.05, 4.69) is 10.2 Å². The number of halogens is 2. The van der Waals surface area contributed by atoms with Crippen LogP contribution in [0.15, 0.2) is 0 Å². The monoisotopic (exact) mass is 282 g/mol. The van der Waals surface area contributed by atoms with Crippen molar-refractivity contribution in [3.63, 3.8) is 0 Å². The fourth-order valence-electron chi connectivity index (χ4n) is 2.94. The van der Waals surface area contributed by atoms with Crippen molar-refractivity contribution < 1.29 is 0 Å². The van der Waals surface area contributed by atoms with Gasteiger partial charge in [0.15, 0.2) is 0 Å². The van der Waals surface area contributed by atoms with Crippen LogP contribution in [0.4, 0.5) is 0 Å². The van der Waals surface area contributed by atoms with E-state index in [1.807, 2.05) is 0 Å². The normalized spacial score (nSPS) is 21.9. The number of nitrogens with one attached hydrogen (secondary N) is 1. The molecule has 2 fully saturated rings. The second-order valence-corrected chi connectivity index (χ2v) is 5.26. The summed E-state index contributed by atoms with van der Waals surface area (Å²) in [6.07, 6.45) is 10.2. The average molecular weight is 283 g/mol. The van der Waals surface area contributed by atoms with Crippen molar-refractivity contribution in [1.82, 2.24) is 10.2 Å². The lowest BCUT2D eigenvalue weighted by atomic mass is 9.89. The average Bonchev–Trinajstić information content (AvgIpc) is 2.79. The largest absolute Gasteiger partial charge is 0.315 e. The molecule has 0 amide bonds. The number of hydrogen-bond donors (Lipinski definition) is 1. The maximum absolute atomic E-state index is 3.64. The second kappa shape index (κ2) is 10.4. The molecule has 2 rings (SSSR count). The smallest absolute Gasteiger partial charge is 0.0107 e. The van der Waals surface area contributed by atoms with E-state index < -0.39 is 0 Å². The van der Waals surface area contributed by atoms with Gasteiger partial charge >= 0.3 is 0 Å². The molecule has 0 atom stereocenters. The molecule has 1 heterocycles. The Morgan fingerprint density at radius 1 is 0.882 bits per heavy atom. The molecule has 0 aromatic rings. The number of hydrogen-bond acceptors (Lipinski definition) is 2. The van der Waals surface area contributed by atoms with Gasteiger partial charge in [0.05, 0.1) is 0 Å². The molecule has 1 aliphatic carbocycles. The van der Waals surface area contributed by atoms with Crippen molar-refractivity contribution in [3.8, 4) is 0 Å². The zero-order valence-corrected chi connectivity index (χ0v) is 12.5. The minimum Gasteiger partial charge on any atom is -0.315 e. The summed E-state index contributed by atoms with van der Waals surface area (Å²) in [5, 5.41) is 3.64. The Morgan fingerprint density at radius 2 is 1.53 bits per heavy atom. The van der Waals surface area contributed by atoms with Gasteiger partial charge < -0.3 is 10.2 Å². The van der Waals surface area contributed by atoms with Crippen molar-refractivity contribution in [2.45, 2.75) is 44.9 Å². The van der Waals surface area contributed by atoms with E-state index >= 15 is 0 Å². The molecule has 17 heavy (non-hydrogen) atoms. The van der Waals surface area contributed by atoms with E-state index in [0.29, 0.717) is 0 Å². The van der Waals surface area contributed by atoms with E-state index in [-0.39, 0.29) is 24.8 Å². The van der Waals surface area contributed by atoms with Crippen LogP contribution in [-0.2, 0) is 0 Å². The van der Waals surface area contributed by atoms with Gasteiger partial charge in [0.2, 0.25) is 0 Å². The summed E-state index contributed by atoms with van der Waals surface area (Å²) in [6.45, 7) is 6.42. The SMILES string of the molecule is C1CCC(CNCCN2CCCC2)CC1.Cl.Cl. The van der Waals surface area contributed by atoms with Crippen molar-refractivity contribution in [1.29, 1.82) is 0 Å². The van der Waals surface area contributed by atoms with Crippen LogP contribution >= 0.6 is 24.8 Å². The first-order valence-corrected chi connectivity index (χ1v) is 6.88. The lowest BCUT2D eigenvalue weighted by Crippen LogP contribution is -2.33. The highest BCUT2D eigenvalue weighted by Crippen LogP contribution is 2.22. The van der Waals surface area contributed by atoms with Gasteiger partial charge in [0.1, 0.15) is 0 Å². The molecular weight excluding hydrogens is 255 g/mol. The van der Waals surface area contributed by atoms with Crippen molar-refractivity contribution in [3.05, 3.63) is 0 Å². The summed E-state index contributed by atoms with van der Waals surface area (Å²) in [7, 11) is 0. The van der Waals surface area contributed by atoms with Crippen LogP contribution in [0.3, 0.4) is 0 Å². The van der Waals surface area contributed by atoms with E-state index in [1.165, 1.54) is 77.7 Å². The van der Waals surface area contributed by atoms with Gasteiger partial charge in [-0.1, -0.05) is 19.3 Å². The summed E-state index contributed by atoms with van der Waals surface area (Å²) in [5.41, 5.74) is 0. The van der Waals surface area contributed by atoms with E-state index in [0.717, 1.165) is 5.92 Å². The predicted octanol–water partition coefficient (Wildman–Crippen LogP) is 3.10. The van der Waals surface area contributed by atoms with Crippen molar-refractivity contribution >= 4 is 24.8 Å². The molecule has 104 valence electrons. The van der Waals surface area contributed by atoms with Crippen molar-refractivity contribution in [2.24, 2.45) is 5.92 Å². The van der Waals surface area contributed by atoms with Crippen LogP contribution in [0, 0.1) is 5.92 Å². The molecule has 0 unspecified atom stereocenters. The molecule has 0 radical (unpaired) electrons. The Balaban J connectivity index is 0.00000128. The molecule has 4 heteroatoms. The molecule has 0 spiro atoms. The van der Waals surface area contributed by atoms with Crippen molar-refractivity contribution in [2.75, 3.05) is 32.7 Å². The van der Waals surface area contributed by atoms with Crippen LogP contribution in [0.25, 0.3) is 0 Å². The number of rotatable bonds is 5. The molecule has 1 aliphatic heterocycles. The molecule has 2 aliphatic rings. The maximum Gasteiger partial charge on any atom is 0.0107 e. The molecule has 0 aromatic heterocycles.